The molecule has 0 N–H and O–H groups in total. The quantitative estimate of drug-likeness (QED) is 0.806. The van der Waals surface area contributed by atoms with Gasteiger partial charge in [-0.15, -0.1) is 11.8 Å². The third-order valence-corrected chi connectivity index (χ3v) is 5.24. The first-order valence-corrected chi connectivity index (χ1v) is 8.80. The van der Waals surface area contributed by atoms with Gasteiger partial charge < -0.3 is 14.4 Å². The summed E-state index contributed by atoms with van der Waals surface area (Å²) in [5.74, 6) is 2.15. The maximum absolute atomic E-state index is 12.3. The number of hydrogen-bond acceptors (Lipinski definition) is 5. The number of amides is 1. The minimum Gasteiger partial charge on any atom is -0.497 e. The molecule has 3 rings (SSSR count). The Morgan fingerprint density at radius 2 is 2.12 bits per heavy atom. The van der Waals surface area contributed by atoms with Crippen LogP contribution >= 0.6 is 11.8 Å². The maximum atomic E-state index is 12.3. The number of benzene rings is 1. The Kier molecular flexibility index (Phi) is 5.25. The van der Waals surface area contributed by atoms with Crippen LogP contribution in [0.25, 0.3) is 0 Å². The third-order valence-electron chi connectivity index (χ3n) is 4.01. The van der Waals surface area contributed by atoms with Crippen molar-refractivity contribution in [2.75, 3.05) is 26.5 Å². The molecule has 1 unspecified atom stereocenters. The lowest BCUT2D eigenvalue weighted by Gasteiger charge is -2.25. The Bertz CT molecular complexity index is 709. The van der Waals surface area contributed by atoms with Crippen LogP contribution in [0.4, 0.5) is 0 Å². The molecule has 2 aromatic rings. The number of thioether (sulfide) groups is 1. The Morgan fingerprint density at radius 1 is 1.25 bits per heavy atom. The normalized spacial score (nSPS) is 17.2. The van der Waals surface area contributed by atoms with Gasteiger partial charge in [-0.05, 0) is 30.3 Å². The van der Waals surface area contributed by atoms with E-state index < -0.39 is 0 Å². The molecule has 0 radical (unpaired) electrons. The lowest BCUT2D eigenvalue weighted by Crippen LogP contribution is -2.30. The number of pyridine rings is 1. The number of carbonyl (C=O) groups is 1. The number of nitrogens with zero attached hydrogens (tertiary/aromatic N) is 2. The first kappa shape index (κ1) is 16.6. The van der Waals surface area contributed by atoms with Crippen molar-refractivity contribution >= 4 is 17.7 Å². The molecular formula is C18H20N2O3S. The van der Waals surface area contributed by atoms with Crippen molar-refractivity contribution < 1.29 is 14.3 Å². The summed E-state index contributed by atoms with van der Waals surface area (Å²) in [5.41, 5.74) is 1.95. The number of aromatic nitrogens is 1. The van der Waals surface area contributed by atoms with Gasteiger partial charge in [0, 0.05) is 30.4 Å². The van der Waals surface area contributed by atoms with Crippen LogP contribution < -0.4 is 9.47 Å². The Hall–Kier alpha value is -2.21. The molecule has 1 aromatic heterocycles. The van der Waals surface area contributed by atoms with Crippen LogP contribution in [0.3, 0.4) is 0 Å². The number of rotatable bonds is 6. The second-order valence-corrected chi connectivity index (χ2v) is 6.50. The highest BCUT2D eigenvalue weighted by atomic mass is 32.2. The summed E-state index contributed by atoms with van der Waals surface area (Å²) in [6.07, 6.45) is 2.51. The molecule has 0 saturated carbocycles. The van der Waals surface area contributed by atoms with E-state index in [2.05, 4.69) is 4.98 Å². The van der Waals surface area contributed by atoms with Crippen LogP contribution in [-0.2, 0) is 11.2 Å². The molecule has 0 aliphatic carbocycles. The monoisotopic (exact) mass is 344 g/mol. The van der Waals surface area contributed by atoms with E-state index in [0.29, 0.717) is 12.3 Å². The average molecular weight is 344 g/mol. The Balaban J connectivity index is 1.82. The maximum Gasteiger partial charge on any atom is 0.233 e. The number of methoxy groups -OCH3 is 2. The van der Waals surface area contributed by atoms with Gasteiger partial charge in [0.1, 0.15) is 16.9 Å². The first-order valence-electron chi connectivity index (χ1n) is 7.76. The molecule has 1 atom stereocenters. The average Bonchev–Trinajstić information content (AvgIpc) is 3.00. The highest BCUT2D eigenvalue weighted by Gasteiger charge is 2.34. The minimum absolute atomic E-state index is 0.0636. The van der Waals surface area contributed by atoms with Gasteiger partial charge in [-0.3, -0.25) is 9.78 Å². The molecular weight excluding hydrogens is 324 g/mol. The van der Waals surface area contributed by atoms with Gasteiger partial charge in [-0.25, -0.2) is 0 Å². The topological polar surface area (TPSA) is 51.7 Å². The van der Waals surface area contributed by atoms with Gasteiger partial charge in [0.2, 0.25) is 5.91 Å². The Morgan fingerprint density at radius 3 is 2.83 bits per heavy atom. The van der Waals surface area contributed by atoms with Gasteiger partial charge in [-0.1, -0.05) is 6.07 Å². The lowest BCUT2D eigenvalue weighted by atomic mass is 10.1. The van der Waals surface area contributed by atoms with Crippen molar-refractivity contribution in [3.8, 4) is 11.5 Å². The second-order valence-electron chi connectivity index (χ2n) is 5.43. The summed E-state index contributed by atoms with van der Waals surface area (Å²) in [4.78, 5) is 18.6. The molecule has 0 bridgehead atoms. The predicted molar refractivity (Wildman–Crippen MR) is 94.4 cm³/mol. The van der Waals surface area contributed by atoms with Crippen LogP contribution in [0.15, 0.2) is 42.6 Å². The van der Waals surface area contributed by atoms with Gasteiger partial charge in [0.05, 0.1) is 20.0 Å². The van der Waals surface area contributed by atoms with Crippen molar-refractivity contribution in [2.45, 2.75) is 11.8 Å². The summed E-state index contributed by atoms with van der Waals surface area (Å²) >= 11 is 1.62. The first-order chi connectivity index (χ1) is 11.7. The largest absolute Gasteiger partial charge is 0.497 e. The zero-order valence-electron chi connectivity index (χ0n) is 13.8. The number of ether oxygens (including phenoxy) is 2. The second kappa shape index (κ2) is 7.57. The van der Waals surface area contributed by atoms with Crippen LogP contribution in [-0.4, -0.2) is 42.3 Å². The summed E-state index contributed by atoms with van der Waals surface area (Å²) in [5, 5.41) is -0.0636. The van der Waals surface area contributed by atoms with Crippen LogP contribution in [0.2, 0.25) is 0 Å². The fourth-order valence-electron chi connectivity index (χ4n) is 2.77. The molecule has 1 saturated heterocycles. The van der Waals surface area contributed by atoms with E-state index in [1.807, 2.05) is 41.3 Å². The summed E-state index contributed by atoms with van der Waals surface area (Å²) in [7, 11) is 3.28. The molecule has 0 spiro atoms. The molecule has 24 heavy (non-hydrogen) atoms. The smallest absolute Gasteiger partial charge is 0.233 e. The number of carbonyl (C=O) groups excluding carboxylic acids is 1. The zero-order valence-corrected chi connectivity index (χ0v) is 14.6. The van der Waals surface area contributed by atoms with E-state index in [-0.39, 0.29) is 11.3 Å². The molecule has 5 nitrogen and oxygen atoms in total. The van der Waals surface area contributed by atoms with Gasteiger partial charge in [0.25, 0.3) is 0 Å². The highest BCUT2D eigenvalue weighted by molar-refractivity contribution is 8.00. The standard InChI is InChI=1S/C18H20N2O3S/c1-22-14-6-7-16(23-2)15(11-14)18-20(17(21)12-24-18)10-8-13-5-3-4-9-19-13/h3-7,9,11,18H,8,10,12H2,1-2H3. The van der Waals surface area contributed by atoms with Crippen molar-refractivity contribution in [3.63, 3.8) is 0 Å². The van der Waals surface area contributed by atoms with Crippen molar-refractivity contribution in [2.24, 2.45) is 0 Å². The minimum atomic E-state index is -0.0636. The van der Waals surface area contributed by atoms with E-state index in [4.69, 9.17) is 9.47 Å². The van der Waals surface area contributed by atoms with Crippen molar-refractivity contribution in [1.29, 1.82) is 0 Å². The third kappa shape index (κ3) is 3.48. The van der Waals surface area contributed by atoms with Gasteiger partial charge in [0.15, 0.2) is 0 Å². The molecule has 1 aliphatic heterocycles. The van der Waals surface area contributed by atoms with E-state index >= 15 is 0 Å². The molecule has 1 fully saturated rings. The zero-order chi connectivity index (χ0) is 16.9. The highest BCUT2D eigenvalue weighted by Crippen LogP contribution is 2.43. The molecule has 2 heterocycles. The van der Waals surface area contributed by atoms with Gasteiger partial charge >= 0.3 is 0 Å². The lowest BCUT2D eigenvalue weighted by molar-refractivity contribution is -0.128. The predicted octanol–water partition coefficient (Wildman–Crippen LogP) is 2.92. The van der Waals surface area contributed by atoms with Crippen LogP contribution in [0.5, 0.6) is 11.5 Å². The van der Waals surface area contributed by atoms with E-state index in [1.165, 1.54) is 0 Å². The molecule has 1 aliphatic rings. The van der Waals surface area contributed by atoms with Crippen LogP contribution in [0.1, 0.15) is 16.6 Å². The number of hydrogen-bond donors (Lipinski definition) is 0. The summed E-state index contributed by atoms with van der Waals surface area (Å²) < 4.78 is 10.8. The van der Waals surface area contributed by atoms with Crippen molar-refractivity contribution in [1.82, 2.24) is 9.88 Å². The molecule has 1 amide bonds. The fraction of sp³-hybridized carbons (Fsp3) is 0.333. The van der Waals surface area contributed by atoms with E-state index in [9.17, 15) is 4.79 Å². The van der Waals surface area contributed by atoms with Crippen molar-refractivity contribution in [3.05, 3.63) is 53.9 Å². The SMILES string of the molecule is COc1ccc(OC)c(C2SCC(=O)N2CCc2ccccn2)c1. The van der Waals surface area contributed by atoms with E-state index in [1.54, 1.807) is 32.2 Å². The molecule has 1 aromatic carbocycles. The van der Waals surface area contributed by atoms with E-state index in [0.717, 1.165) is 29.2 Å². The fourth-order valence-corrected chi connectivity index (χ4v) is 4.00. The summed E-state index contributed by atoms with van der Waals surface area (Å²) in [6.45, 7) is 0.633. The molecule has 6 heteroatoms. The molecule has 126 valence electrons. The summed E-state index contributed by atoms with van der Waals surface area (Å²) in [6, 6.07) is 11.5. The van der Waals surface area contributed by atoms with Crippen LogP contribution in [0, 0.1) is 0 Å². The Labute approximate surface area is 146 Å². The van der Waals surface area contributed by atoms with Gasteiger partial charge in [-0.2, -0.15) is 0 Å².